The van der Waals surface area contributed by atoms with Gasteiger partial charge in [0.05, 0.1) is 28.1 Å². The summed E-state index contributed by atoms with van der Waals surface area (Å²) in [5.74, 6) is 1.56. The first-order chi connectivity index (χ1) is 28.0. The Morgan fingerprint density at radius 3 is 2.00 bits per heavy atom. The number of nitrogens with zero attached hydrogens (tertiary/aromatic N) is 4. The molecule has 0 aliphatic rings. The van der Waals surface area contributed by atoms with E-state index in [4.69, 9.17) is 10.1 Å². The van der Waals surface area contributed by atoms with Crippen LogP contribution in [0.25, 0.3) is 71.7 Å². The number of hydrogen-bond acceptors (Lipinski definition) is 3. The zero-order valence-corrected chi connectivity index (χ0v) is 33.8. The highest BCUT2D eigenvalue weighted by molar-refractivity contribution is 6.11. The molecule has 0 unspecified atom stereocenters. The van der Waals surface area contributed by atoms with Crippen molar-refractivity contribution in [3.8, 4) is 28.2 Å². The lowest BCUT2D eigenvalue weighted by Crippen LogP contribution is -2.14. The van der Waals surface area contributed by atoms with Gasteiger partial charge >= 0.3 is 0 Å². The Kier molecular flexibility index (Phi) is 8.17. The van der Waals surface area contributed by atoms with E-state index in [1.807, 2.05) is 0 Å². The highest BCUT2D eigenvalue weighted by Crippen LogP contribution is 2.43. The molecule has 10 aromatic rings. The minimum Gasteiger partial charge on any atom is -0.359 e. The summed E-state index contributed by atoms with van der Waals surface area (Å²) in [6, 6.07) is 53.9. The number of nitrogens with one attached hydrogen (secondary N) is 2. The van der Waals surface area contributed by atoms with E-state index in [0.717, 1.165) is 78.2 Å². The van der Waals surface area contributed by atoms with Gasteiger partial charge in [-0.3, -0.25) is 4.90 Å². The molecule has 0 saturated carbocycles. The zero-order valence-electron chi connectivity index (χ0n) is 33.8. The zero-order chi connectivity index (χ0) is 39.8. The summed E-state index contributed by atoms with van der Waals surface area (Å²) < 4.78 is 2.14. The van der Waals surface area contributed by atoms with Crippen molar-refractivity contribution in [1.29, 1.82) is 0 Å². The fraction of sp³-hybridized carbons (Fsp3) is 0.154. The summed E-state index contributed by atoms with van der Waals surface area (Å²) in [4.78, 5) is 15.1. The molecule has 0 fully saturated rings. The van der Waals surface area contributed by atoms with Crippen molar-refractivity contribution in [3.05, 3.63) is 169 Å². The van der Waals surface area contributed by atoms with E-state index >= 15 is 0 Å². The normalized spacial score (nSPS) is 12.3. The van der Waals surface area contributed by atoms with Gasteiger partial charge in [0.1, 0.15) is 5.82 Å². The lowest BCUT2D eigenvalue weighted by atomic mass is 9.84. The fourth-order valence-corrected chi connectivity index (χ4v) is 8.23. The van der Waals surface area contributed by atoms with Gasteiger partial charge in [-0.1, -0.05) is 133 Å². The molecular formula is C52H46N6. The molecule has 0 aliphatic heterocycles. The van der Waals surface area contributed by atoms with Crippen molar-refractivity contribution in [1.82, 2.24) is 24.7 Å². The maximum Gasteiger partial charge on any atom is 0.169 e. The molecule has 284 valence electrons. The highest BCUT2D eigenvalue weighted by atomic mass is 15.4. The number of para-hydroxylation sites is 2. The van der Waals surface area contributed by atoms with Gasteiger partial charge < -0.3 is 9.97 Å². The molecule has 4 aromatic heterocycles. The molecule has 0 radical (unpaired) electrons. The van der Waals surface area contributed by atoms with Gasteiger partial charge in [-0.05, 0) is 99.1 Å². The molecule has 0 saturated heterocycles. The van der Waals surface area contributed by atoms with E-state index in [1.54, 1.807) is 0 Å². The van der Waals surface area contributed by atoms with E-state index in [-0.39, 0.29) is 10.8 Å². The molecule has 0 bridgehead atoms. The second kappa shape index (κ2) is 13.3. The lowest BCUT2D eigenvalue weighted by molar-refractivity contribution is 0.590. The van der Waals surface area contributed by atoms with Gasteiger partial charge in [0.15, 0.2) is 5.82 Å². The molecule has 4 heterocycles. The maximum absolute atomic E-state index is 5.63. The Hall–Kier alpha value is -6.92. The Morgan fingerprint density at radius 1 is 0.569 bits per heavy atom. The van der Waals surface area contributed by atoms with Crippen LogP contribution in [0.3, 0.4) is 0 Å². The van der Waals surface area contributed by atoms with Crippen LogP contribution in [-0.4, -0.2) is 24.7 Å². The number of benzene rings is 6. The van der Waals surface area contributed by atoms with Crippen molar-refractivity contribution in [2.24, 2.45) is 0 Å². The van der Waals surface area contributed by atoms with Crippen LogP contribution < -0.4 is 4.90 Å². The number of hydrogen-bond donors (Lipinski definition) is 2. The molecule has 0 amide bonds. The molecular weight excluding hydrogens is 709 g/mol. The summed E-state index contributed by atoms with van der Waals surface area (Å²) in [6.07, 6.45) is 2.06. The second-order valence-electron chi connectivity index (χ2n) is 17.4. The number of aromatic amines is 2. The molecule has 10 rings (SSSR count). The second-order valence-corrected chi connectivity index (χ2v) is 17.4. The number of pyridine rings is 1. The SMILES string of the molecule is CC(C)(C)c1ccc2[nH]c3c(-n4nc(N(c5ccccc5)c5cc(-c6ccccc6)cc(-c6[nH]cc7ccccc67)n5)c5ccccc54)cc(C(C)(C)C)cc3c2c1. The topological polar surface area (TPSA) is 65.5 Å². The monoisotopic (exact) mass is 754 g/mol. The smallest absolute Gasteiger partial charge is 0.169 e. The summed E-state index contributed by atoms with van der Waals surface area (Å²) in [6.45, 7) is 13.7. The quantitative estimate of drug-likeness (QED) is 0.178. The van der Waals surface area contributed by atoms with E-state index < -0.39 is 0 Å². The van der Waals surface area contributed by atoms with Gasteiger partial charge in [0, 0.05) is 38.9 Å². The van der Waals surface area contributed by atoms with Gasteiger partial charge in [0.25, 0.3) is 0 Å². The molecule has 0 atom stereocenters. The molecule has 2 N–H and O–H groups in total. The maximum atomic E-state index is 5.63. The van der Waals surface area contributed by atoms with Crippen LogP contribution in [0.5, 0.6) is 0 Å². The van der Waals surface area contributed by atoms with Crippen LogP contribution in [-0.2, 0) is 10.8 Å². The van der Waals surface area contributed by atoms with Crippen LogP contribution in [0, 0.1) is 0 Å². The third-order valence-corrected chi connectivity index (χ3v) is 11.4. The number of H-pyrrole nitrogens is 2. The molecule has 6 aromatic carbocycles. The van der Waals surface area contributed by atoms with Crippen molar-refractivity contribution in [2.75, 3.05) is 4.90 Å². The average Bonchev–Trinajstić information content (AvgIpc) is 3.94. The Bertz CT molecular complexity index is 3130. The van der Waals surface area contributed by atoms with Gasteiger partial charge in [-0.25, -0.2) is 9.67 Å². The van der Waals surface area contributed by atoms with Crippen LogP contribution in [0.4, 0.5) is 17.3 Å². The molecule has 0 aliphatic carbocycles. The average molecular weight is 755 g/mol. The largest absolute Gasteiger partial charge is 0.359 e. The van der Waals surface area contributed by atoms with E-state index in [2.05, 4.69) is 219 Å². The third-order valence-electron chi connectivity index (χ3n) is 11.4. The van der Waals surface area contributed by atoms with Crippen molar-refractivity contribution in [2.45, 2.75) is 52.4 Å². The van der Waals surface area contributed by atoms with Gasteiger partial charge in [0.2, 0.25) is 0 Å². The Morgan fingerprint density at radius 2 is 1.24 bits per heavy atom. The first kappa shape index (κ1) is 35.5. The molecule has 0 spiro atoms. The lowest BCUT2D eigenvalue weighted by Gasteiger charge is -2.24. The van der Waals surface area contributed by atoms with E-state index in [0.29, 0.717) is 0 Å². The first-order valence-corrected chi connectivity index (χ1v) is 20.1. The summed E-state index contributed by atoms with van der Waals surface area (Å²) in [5, 5.41) is 11.3. The predicted molar refractivity (Wildman–Crippen MR) is 243 cm³/mol. The van der Waals surface area contributed by atoms with Crippen molar-refractivity contribution in [3.63, 3.8) is 0 Å². The van der Waals surface area contributed by atoms with Crippen LogP contribution in [0.2, 0.25) is 0 Å². The van der Waals surface area contributed by atoms with E-state index in [1.165, 1.54) is 21.9 Å². The van der Waals surface area contributed by atoms with Gasteiger partial charge in [-0.15, -0.1) is 5.10 Å². The first-order valence-electron chi connectivity index (χ1n) is 20.1. The fourth-order valence-electron chi connectivity index (χ4n) is 8.23. The molecule has 6 nitrogen and oxygen atoms in total. The summed E-state index contributed by atoms with van der Waals surface area (Å²) in [7, 11) is 0. The third kappa shape index (κ3) is 6.04. The minimum atomic E-state index is -0.101. The van der Waals surface area contributed by atoms with E-state index in [9.17, 15) is 0 Å². The van der Waals surface area contributed by atoms with Crippen LogP contribution >= 0.6 is 0 Å². The number of anilines is 3. The van der Waals surface area contributed by atoms with Crippen LogP contribution in [0.15, 0.2) is 158 Å². The highest BCUT2D eigenvalue weighted by Gasteiger charge is 2.27. The Balaban J connectivity index is 1.25. The molecule has 58 heavy (non-hydrogen) atoms. The number of aromatic nitrogens is 5. The summed E-state index contributed by atoms with van der Waals surface area (Å²) in [5.41, 5.74) is 11.7. The van der Waals surface area contributed by atoms with Gasteiger partial charge in [-0.2, -0.15) is 0 Å². The van der Waals surface area contributed by atoms with Crippen molar-refractivity contribution >= 4 is 60.8 Å². The Labute approximate surface area is 338 Å². The van der Waals surface area contributed by atoms with Crippen LogP contribution in [0.1, 0.15) is 52.7 Å². The molecule has 6 heteroatoms. The minimum absolute atomic E-state index is 0.0237. The standard InChI is InChI=1S/C52H46N6/c1-51(2,3)36-25-26-43-41(29-36)42-30-37(52(4,5)6)31-46(49(42)55-43)58-45-24-16-15-23-40(45)50(56-58)57(38-20-11-8-12-21-38)47-28-35(33-17-9-7-10-18-33)27-44(54-47)48-39-22-14-13-19-34(39)32-53-48/h7-32,53,55H,1-6H3. The summed E-state index contributed by atoms with van der Waals surface area (Å²) >= 11 is 0. The van der Waals surface area contributed by atoms with Crippen molar-refractivity contribution < 1.29 is 0 Å². The number of fused-ring (bicyclic) bond motifs is 5. The predicted octanol–water partition coefficient (Wildman–Crippen LogP) is 13.9. The number of rotatable bonds is 6.